The van der Waals surface area contributed by atoms with Crippen LogP contribution in [0.1, 0.15) is 51.4 Å². The Bertz CT molecular complexity index is 357. The van der Waals surface area contributed by atoms with Gasteiger partial charge in [0.2, 0.25) is 0 Å². The van der Waals surface area contributed by atoms with E-state index in [4.69, 9.17) is 10.5 Å². The Kier molecular flexibility index (Phi) is 5.16. The van der Waals surface area contributed by atoms with E-state index in [9.17, 15) is 14.7 Å². The van der Waals surface area contributed by atoms with E-state index in [2.05, 4.69) is 0 Å². The Labute approximate surface area is 119 Å². The predicted molar refractivity (Wildman–Crippen MR) is 74.3 cm³/mol. The first kappa shape index (κ1) is 15.4. The maximum atomic E-state index is 12.8. The molecule has 5 nitrogen and oxygen atoms in total. The Morgan fingerprint density at radius 3 is 2.05 bits per heavy atom. The smallest absolute Gasteiger partial charge is 0.331 e. The molecule has 114 valence electrons. The van der Waals surface area contributed by atoms with Gasteiger partial charge in [-0.25, -0.2) is 4.79 Å². The Morgan fingerprint density at radius 2 is 1.55 bits per heavy atom. The Hall–Kier alpha value is -0.940. The molecule has 0 aromatic heterocycles. The second kappa shape index (κ2) is 6.68. The molecule has 0 radical (unpaired) electrons. The molecule has 0 amide bonds. The van der Waals surface area contributed by atoms with Crippen LogP contribution in [0.4, 0.5) is 0 Å². The first-order valence-corrected chi connectivity index (χ1v) is 7.71. The van der Waals surface area contributed by atoms with Crippen LogP contribution in [0, 0.1) is 11.8 Å². The maximum Gasteiger partial charge on any atom is 0.331 e. The molecule has 1 heterocycles. The van der Waals surface area contributed by atoms with E-state index in [0.29, 0.717) is 26.1 Å². The van der Waals surface area contributed by atoms with Crippen LogP contribution >= 0.6 is 0 Å². The van der Waals surface area contributed by atoms with Crippen molar-refractivity contribution in [2.24, 2.45) is 17.6 Å². The van der Waals surface area contributed by atoms with Crippen molar-refractivity contribution in [1.82, 2.24) is 0 Å². The van der Waals surface area contributed by atoms with Crippen molar-refractivity contribution in [3.05, 3.63) is 0 Å². The lowest BCUT2D eigenvalue weighted by Gasteiger charge is -2.36. The number of carboxylic acid groups (broad SMARTS) is 1. The molecular formula is C15H25NO4. The van der Waals surface area contributed by atoms with Crippen LogP contribution < -0.4 is 5.73 Å². The molecule has 1 aliphatic heterocycles. The van der Waals surface area contributed by atoms with E-state index >= 15 is 0 Å². The molecular weight excluding hydrogens is 258 g/mol. The van der Waals surface area contributed by atoms with Gasteiger partial charge in [-0.05, 0) is 31.6 Å². The molecule has 0 bridgehead atoms. The van der Waals surface area contributed by atoms with Gasteiger partial charge in [-0.15, -0.1) is 0 Å². The van der Waals surface area contributed by atoms with Crippen molar-refractivity contribution >= 4 is 11.8 Å². The predicted octanol–water partition coefficient (Wildman–Crippen LogP) is 1.73. The molecule has 0 aromatic carbocycles. The van der Waals surface area contributed by atoms with Gasteiger partial charge in [0.15, 0.2) is 11.3 Å². The van der Waals surface area contributed by atoms with E-state index in [1.165, 1.54) is 0 Å². The minimum Gasteiger partial charge on any atom is -0.480 e. The van der Waals surface area contributed by atoms with Crippen LogP contribution in [-0.4, -0.2) is 35.6 Å². The van der Waals surface area contributed by atoms with Gasteiger partial charge in [0.25, 0.3) is 0 Å². The third-order valence-electron chi connectivity index (χ3n) is 4.85. The standard InChI is InChI=1S/C15H25NO4/c16-15(14(18)19,12-7-9-20-10-8-12)13(17)11-5-3-1-2-4-6-11/h11-12H,1-10,16H2,(H,18,19). The largest absolute Gasteiger partial charge is 0.480 e. The number of carbonyl (C=O) groups excluding carboxylic acids is 1. The molecule has 2 fully saturated rings. The van der Waals surface area contributed by atoms with Crippen molar-refractivity contribution < 1.29 is 19.4 Å². The molecule has 1 saturated carbocycles. The van der Waals surface area contributed by atoms with Crippen LogP contribution in [0.2, 0.25) is 0 Å². The van der Waals surface area contributed by atoms with E-state index in [-0.39, 0.29) is 17.6 Å². The SMILES string of the molecule is NC(C(=O)O)(C(=O)C1CCCCCC1)C1CCOCC1. The van der Waals surface area contributed by atoms with E-state index in [0.717, 1.165) is 38.5 Å². The molecule has 3 N–H and O–H groups in total. The number of Topliss-reactive ketones (excluding diaryl/α,β-unsaturated/α-hetero) is 1. The molecule has 1 aliphatic carbocycles. The number of carbonyl (C=O) groups is 2. The average Bonchev–Trinajstić information content (AvgIpc) is 2.75. The molecule has 2 rings (SSSR count). The van der Waals surface area contributed by atoms with Crippen molar-refractivity contribution in [2.45, 2.75) is 56.9 Å². The van der Waals surface area contributed by atoms with Crippen LogP contribution in [0.5, 0.6) is 0 Å². The van der Waals surface area contributed by atoms with Gasteiger partial charge < -0.3 is 15.6 Å². The molecule has 0 aromatic rings. The number of ether oxygens (including phenoxy) is 1. The fourth-order valence-electron chi connectivity index (χ4n) is 3.51. The number of nitrogens with two attached hydrogens (primary N) is 1. The summed E-state index contributed by atoms with van der Waals surface area (Å²) < 4.78 is 5.26. The minimum atomic E-state index is -1.72. The van der Waals surface area contributed by atoms with Gasteiger partial charge >= 0.3 is 5.97 Å². The molecule has 0 spiro atoms. The quantitative estimate of drug-likeness (QED) is 0.606. The number of hydrogen-bond donors (Lipinski definition) is 2. The van der Waals surface area contributed by atoms with Gasteiger partial charge in [-0.2, -0.15) is 0 Å². The summed E-state index contributed by atoms with van der Waals surface area (Å²) in [6, 6.07) is 0. The highest BCUT2D eigenvalue weighted by Crippen LogP contribution is 2.33. The number of hydrogen-bond acceptors (Lipinski definition) is 4. The van der Waals surface area contributed by atoms with E-state index < -0.39 is 11.5 Å². The van der Waals surface area contributed by atoms with Gasteiger partial charge in [-0.3, -0.25) is 4.79 Å². The number of carboxylic acids is 1. The normalized spacial score (nSPS) is 25.6. The molecule has 1 atom stereocenters. The summed E-state index contributed by atoms with van der Waals surface area (Å²) in [6.45, 7) is 0.990. The molecule has 5 heteroatoms. The van der Waals surface area contributed by atoms with Crippen LogP contribution in [0.25, 0.3) is 0 Å². The highest BCUT2D eigenvalue weighted by molar-refractivity contribution is 6.08. The monoisotopic (exact) mass is 283 g/mol. The fourth-order valence-corrected chi connectivity index (χ4v) is 3.51. The first-order chi connectivity index (χ1) is 9.56. The van der Waals surface area contributed by atoms with Gasteiger partial charge in [0.05, 0.1) is 0 Å². The highest BCUT2D eigenvalue weighted by Gasteiger charge is 2.51. The summed E-state index contributed by atoms with van der Waals surface area (Å²) in [5, 5.41) is 9.57. The zero-order valence-corrected chi connectivity index (χ0v) is 12.0. The average molecular weight is 283 g/mol. The second-order valence-corrected chi connectivity index (χ2v) is 6.11. The summed E-state index contributed by atoms with van der Waals surface area (Å²) in [6.07, 6.45) is 6.95. The summed E-state index contributed by atoms with van der Waals surface area (Å²) >= 11 is 0. The molecule has 1 unspecified atom stereocenters. The van der Waals surface area contributed by atoms with E-state index in [1.54, 1.807) is 0 Å². The lowest BCUT2D eigenvalue weighted by atomic mass is 9.72. The minimum absolute atomic E-state index is 0.179. The summed E-state index contributed by atoms with van der Waals surface area (Å²) in [4.78, 5) is 24.5. The lowest BCUT2D eigenvalue weighted by molar-refractivity contribution is -0.154. The molecule has 2 aliphatic rings. The third kappa shape index (κ3) is 3.04. The van der Waals surface area contributed by atoms with Crippen LogP contribution in [0.3, 0.4) is 0 Å². The topological polar surface area (TPSA) is 89.6 Å². The number of rotatable bonds is 4. The second-order valence-electron chi connectivity index (χ2n) is 6.11. The van der Waals surface area contributed by atoms with Gasteiger partial charge in [0, 0.05) is 19.1 Å². The van der Waals surface area contributed by atoms with Crippen LogP contribution in [0.15, 0.2) is 0 Å². The van der Waals surface area contributed by atoms with Crippen molar-refractivity contribution in [3.63, 3.8) is 0 Å². The number of ketones is 1. The van der Waals surface area contributed by atoms with Crippen molar-refractivity contribution in [1.29, 1.82) is 0 Å². The molecule has 20 heavy (non-hydrogen) atoms. The van der Waals surface area contributed by atoms with E-state index in [1.807, 2.05) is 0 Å². The zero-order valence-electron chi connectivity index (χ0n) is 12.0. The Morgan fingerprint density at radius 1 is 1.00 bits per heavy atom. The van der Waals surface area contributed by atoms with Gasteiger partial charge in [0.1, 0.15) is 0 Å². The van der Waals surface area contributed by atoms with Crippen molar-refractivity contribution in [3.8, 4) is 0 Å². The van der Waals surface area contributed by atoms with Crippen LogP contribution in [-0.2, 0) is 14.3 Å². The number of aliphatic carboxylic acids is 1. The van der Waals surface area contributed by atoms with Gasteiger partial charge in [-0.1, -0.05) is 25.7 Å². The lowest BCUT2D eigenvalue weighted by Crippen LogP contribution is -2.63. The third-order valence-corrected chi connectivity index (χ3v) is 4.85. The Balaban J connectivity index is 2.17. The summed E-state index contributed by atoms with van der Waals surface area (Å²) in [5.41, 5.74) is 4.41. The fraction of sp³-hybridized carbons (Fsp3) is 0.867. The molecule has 1 saturated heterocycles. The zero-order chi connectivity index (χ0) is 14.6. The maximum absolute atomic E-state index is 12.8. The summed E-state index contributed by atoms with van der Waals surface area (Å²) in [5.74, 6) is -1.90. The highest BCUT2D eigenvalue weighted by atomic mass is 16.5. The van der Waals surface area contributed by atoms with Crippen molar-refractivity contribution in [2.75, 3.05) is 13.2 Å². The summed E-state index contributed by atoms with van der Waals surface area (Å²) in [7, 11) is 0. The first-order valence-electron chi connectivity index (χ1n) is 7.71.